The largest absolute Gasteiger partial charge is 0.356 e. The lowest BCUT2D eigenvalue weighted by Crippen LogP contribution is -2.28. The molecule has 1 rings (SSSR count). The number of aryl methyl sites for hydroxylation is 1. The zero-order valence-electron chi connectivity index (χ0n) is 9.67. The highest BCUT2D eigenvalue weighted by Crippen LogP contribution is 1.91. The molecule has 0 saturated carbocycles. The third kappa shape index (κ3) is 3.84. The van der Waals surface area contributed by atoms with Crippen molar-refractivity contribution in [3.8, 4) is 0 Å². The minimum absolute atomic E-state index is 0.0896. The standard InChI is InChI=1S/C11H17N3O2/c1-3-4-5-12-10(15)6-9-7-13-8(2)14-11(9)16/h7H,3-6H2,1-2H3,(H,12,15)(H,13,14,16). The number of carbonyl (C=O) groups excluding carboxylic acids is 1. The molecule has 0 aliphatic heterocycles. The van der Waals surface area contributed by atoms with E-state index in [2.05, 4.69) is 22.2 Å². The van der Waals surface area contributed by atoms with Crippen LogP contribution in [-0.4, -0.2) is 22.4 Å². The highest BCUT2D eigenvalue weighted by atomic mass is 16.2. The molecule has 0 unspecified atom stereocenters. The van der Waals surface area contributed by atoms with Crippen molar-refractivity contribution >= 4 is 5.91 Å². The molecule has 0 spiro atoms. The topological polar surface area (TPSA) is 74.8 Å². The summed E-state index contributed by atoms with van der Waals surface area (Å²) < 4.78 is 0. The van der Waals surface area contributed by atoms with Crippen LogP contribution in [0.1, 0.15) is 31.2 Å². The lowest BCUT2D eigenvalue weighted by atomic mass is 10.2. The van der Waals surface area contributed by atoms with E-state index in [1.165, 1.54) is 6.20 Å². The molecule has 16 heavy (non-hydrogen) atoms. The lowest BCUT2D eigenvalue weighted by molar-refractivity contribution is -0.120. The number of nitrogens with one attached hydrogen (secondary N) is 2. The Morgan fingerprint density at radius 2 is 2.31 bits per heavy atom. The van der Waals surface area contributed by atoms with Crippen molar-refractivity contribution in [2.24, 2.45) is 0 Å². The predicted octanol–water partition coefficient (Wildman–Crippen LogP) is 0.537. The Labute approximate surface area is 94.3 Å². The van der Waals surface area contributed by atoms with Crippen molar-refractivity contribution in [1.29, 1.82) is 0 Å². The minimum atomic E-state index is -0.238. The van der Waals surface area contributed by atoms with Crippen LogP contribution in [0.5, 0.6) is 0 Å². The number of H-pyrrole nitrogens is 1. The summed E-state index contributed by atoms with van der Waals surface area (Å²) in [6.45, 7) is 4.42. The van der Waals surface area contributed by atoms with E-state index in [0.717, 1.165) is 12.8 Å². The molecule has 0 radical (unpaired) electrons. The number of aromatic amines is 1. The molecule has 1 aromatic heterocycles. The maximum absolute atomic E-state index is 11.4. The van der Waals surface area contributed by atoms with Crippen molar-refractivity contribution in [2.45, 2.75) is 33.1 Å². The van der Waals surface area contributed by atoms with Crippen LogP contribution in [-0.2, 0) is 11.2 Å². The summed E-state index contributed by atoms with van der Waals surface area (Å²) in [5.41, 5.74) is 0.165. The Kier molecular flexibility index (Phi) is 4.69. The van der Waals surface area contributed by atoms with Crippen LogP contribution in [0.25, 0.3) is 0 Å². The van der Waals surface area contributed by atoms with Gasteiger partial charge in [0.25, 0.3) is 5.56 Å². The predicted molar refractivity (Wildman–Crippen MR) is 61.2 cm³/mol. The van der Waals surface area contributed by atoms with Gasteiger partial charge in [-0.25, -0.2) is 4.98 Å². The van der Waals surface area contributed by atoms with E-state index in [0.29, 0.717) is 17.9 Å². The van der Waals surface area contributed by atoms with Gasteiger partial charge in [-0.1, -0.05) is 13.3 Å². The van der Waals surface area contributed by atoms with Gasteiger partial charge in [0.1, 0.15) is 5.82 Å². The molecule has 1 aromatic rings. The molecule has 1 amide bonds. The fraction of sp³-hybridized carbons (Fsp3) is 0.545. The zero-order valence-corrected chi connectivity index (χ0v) is 9.67. The summed E-state index contributed by atoms with van der Waals surface area (Å²) in [5, 5.41) is 2.75. The molecule has 0 aliphatic carbocycles. The Hall–Kier alpha value is -1.65. The summed E-state index contributed by atoms with van der Waals surface area (Å²) in [6.07, 6.45) is 3.53. The van der Waals surface area contributed by atoms with Crippen LogP contribution in [0.2, 0.25) is 0 Å². The van der Waals surface area contributed by atoms with E-state index in [1.807, 2.05) is 0 Å². The number of hydrogen-bond acceptors (Lipinski definition) is 3. The number of amides is 1. The fourth-order valence-electron chi connectivity index (χ4n) is 1.28. The molecule has 2 N–H and O–H groups in total. The SMILES string of the molecule is CCCCNC(=O)Cc1cnc(C)[nH]c1=O. The lowest BCUT2D eigenvalue weighted by Gasteiger charge is -2.03. The maximum atomic E-state index is 11.4. The van der Waals surface area contributed by atoms with Crippen LogP contribution >= 0.6 is 0 Å². The molecule has 0 atom stereocenters. The van der Waals surface area contributed by atoms with E-state index >= 15 is 0 Å². The van der Waals surface area contributed by atoms with Gasteiger partial charge >= 0.3 is 0 Å². The number of unbranched alkanes of at least 4 members (excludes halogenated alkanes) is 1. The first-order valence-corrected chi connectivity index (χ1v) is 5.45. The number of rotatable bonds is 5. The van der Waals surface area contributed by atoms with Gasteiger partial charge in [-0.05, 0) is 13.3 Å². The van der Waals surface area contributed by atoms with Gasteiger partial charge in [0.2, 0.25) is 5.91 Å². The van der Waals surface area contributed by atoms with Gasteiger partial charge in [0, 0.05) is 18.3 Å². The number of aromatic nitrogens is 2. The molecule has 0 fully saturated rings. The number of carbonyl (C=O) groups is 1. The molecule has 88 valence electrons. The first-order valence-electron chi connectivity index (χ1n) is 5.45. The van der Waals surface area contributed by atoms with E-state index in [9.17, 15) is 9.59 Å². The molecule has 0 bridgehead atoms. The van der Waals surface area contributed by atoms with Crippen molar-refractivity contribution in [2.75, 3.05) is 6.54 Å². The molecule has 0 aliphatic rings. The second kappa shape index (κ2) is 6.05. The maximum Gasteiger partial charge on any atom is 0.254 e. The van der Waals surface area contributed by atoms with Crippen molar-refractivity contribution < 1.29 is 4.79 Å². The van der Waals surface area contributed by atoms with Crippen molar-refractivity contribution in [1.82, 2.24) is 15.3 Å². The van der Waals surface area contributed by atoms with Crippen LogP contribution in [0.15, 0.2) is 11.0 Å². The van der Waals surface area contributed by atoms with E-state index < -0.39 is 0 Å². The normalized spacial score (nSPS) is 10.1. The first kappa shape index (κ1) is 12.4. The summed E-state index contributed by atoms with van der Waals surface area (Å²) in [4.78, 5) is 29.4. The molecule has 1 heterocycles. The second-order valence-electron chi connectivity index (χ2n) is 3.70. The molecule has 5 heteroatoms. The number of nitrogens with zero attached hydrogens (tertiary/aromatic N) is 1. The average molecular weight is 223 g/mol. The minimum Gasteiger partial charge on any atom is -0.356 e. The molecule has 0 aromatic carbocycles. The monoisotopic (exact) mass is 223 g/mol. The highest BCUT2D eigenvalue weighted by molar-refractivity contribution is 5.78. The Balaban J connectivity index is 2.53. The highest BCUT2D eigenvalue weighted by Gasteiger charge is 2.06. The molecular weight excluding hydrogens is 206 g/mol. The van der Waals surface area contributed by atoms with Crippen LogP contribution in [0.4, 0.5) is 0 Å². The molecular formula is C11H17N3O2. The molecule has 0 saturated heterocycles. The Morgan fingerprint density at radius 3 is 2.94 bits per heavy atom. The first-order chi connectivity index (χ1) is 7.63. The van der Waals surface area contributed by atoms with E-state index in [-0.39, 0.29) is 17.9 Å². The third-order valence-corrected chi connectivity index (χ3v) is 2.20. The van der Waals surface area contributed by atoms with Gasteiger partial charge in [-0.2, -0.15) is 0 Å². The van der Waals surface area contributed by atoms with Crippen LogP contribution in [0.3, 0.4) is 0 Å². The van der Waals surface area contributed by atoms with Gasteiger partial charge in [0.05, 0.1) is 6.42 Å². The zero-order chi connectivity index (χ0) is 12.0. The quantitative estimate of drug-likeness (QED) is 0.715. The van der Waals surface area contributed by atoms with Crippen molar-refractivity contribution in [3.63, 3.8) is 0 Å². The van der Waals surface area contributed by atoms with Gasteiger partial charge in [0.15, 0.2) is 0 Å². The average Bonchev–Trinajstić information content (AvgIpc) is 2.23. The molecule has 5 nitrogen and oxygen atoms in total. The smallest absolute Gasteiger partial charge is 0.254 e. The third-order valence-electron chi connectivity index (χ3n) is 2.20. The van der Waals surface area contributed by atoms with Crippen LogP contribution < -0.4 is 10.9 Å². The summed E-state index contributed by atoms with van der Waals surface area (Å²) in [6, 6.07) is 0. The van der Waals surface area contributed by atoms with Crippen LogP contribution in [0, 0.1) is 6.92 Å². The fourth-order valence-corrected chi connectivity index (χ4v) is 1.28. The second-order valence-corrected chi connectivity index (χ2v) is 3.70. The van der Waals surface area contributed by atoms with Gasteiger partial charge in [-0.3, -0.25) is 9.59 Å². The van der Waals surface area contributed by atoms with Gasteiger partial charge < -0.3 is 10.3 Å². The summed E-state index contributed by atoms with van der Waals surface area (Å²) in [5.74, 6) is 0.421. The van der Waals surface area contributed by atoms with Crippen molar-refractivity contribution in [3.05, 3.63) is 27.9 Å². The number of hydrogen-bond donors (Lipinski definition) is 2. The van der Waals surface area contributed by atoms with E-state index in [4.69, 9.17) is 0 Å². The Bertz CT molecular complexity index is 412. The Morgan fingerprint density at radius 1 is 1.56 bits per heavy atom. The summed E-state index contributed by atoms with van der Waals surface area (Å²) in [7, 11) is 0. The van der Waals surface area contributed by atoms with E-state index in [1.54, 1.807) is 6.92 Å². The summed E-state index contributed by atoms with van der Waals surface area (Å²) >= 11 is 0. The van der Waals surface area contributed by atoms with Gasteiger partial charge in [-0.15, -0.1) is 0 Å².